The Morgan fingerprint density at radius 3 is 2.52 bits per heavy atom. The van der Waals surface area contributed by atoms with Gasteiger partial charge in [-0.3, -0.25) is 4.79 Å². The van der Waals surface area contributed by atoms with Gasteiger partial charge in [-0.05, 0) is 34.6 Å². The molecule has 0 saturated carbocycles. The van der Waals surface area contributed by atoms with Gasteiger partial charge in [0.15, 0.2) is 4.34 Å². The van der Waals surface area contributed by atoms with E-state index in [4.69, 9.17) is 14.2 Å². The minimum absolute atomic E-state index is 0.143. The van der Waals surface area contributed by atoms with E-state index >= 15 is 0 Å². The lowest BCUT2D eigenvalue weighted by atomic mass is 10.2. The molecule has 1 unspecified atom stereocenters. The summed E-state index contributed by atoms with van der Waals surface area (Å²) >= 11 is 2.82. The predicted octanol–water partition coefficient (Wildman–Crippen LogP) is 4.11. The zero-order chi connectivity index (χ0) is 23.8. The average Bonchev–Trinajstić information content (AvgIpc) is 3.22. The van der Waals surface area contributed by atoms with Crippen LogP contribution in [0.25, 0.3) is 0 Å². The van der Waals surface area contributed by atoms with E-state index < -0.39 is 0 Å². The first kappa shape index (κ1) is 25.4. The van der Waals surface area contributed by atoms with Crippen LogP contribution >= 0.6 is 23.1 Å². The predicted molar refractivity (Wildman–Crippen MR) is 134 cm³/mol. The van der Waals surface area contributed by atoms with Gasteiger partial charge in [-0.15, -0.1) is 10.2 Å². The van der Waals surface area contributed by atoms with Crippen molar-refractivity contribution >= 4 is 45.5 Å². The van der Waals surface area contributed by atoms with Crippen molar-refractivity contribution in [2.75, 3.05) is 55.1 Å². The standard InChI is InChI=1S/C22H33N5O4S2/c1-6-30-18-13-17(27-8-10-29-11-9-27)19(31-7-2)12-16(18)24-20(28)15(5)32-22-26-25-21(33-22)23-14(3)4/h12-15H,6-11H2,1-5H3,(H,23,25)(H,24,28). The third-order valence-corrected chi connectivity index (χ3v) is 6.77. The van der Waals surface area contributed by atoms with Crippen molar-refractivity contribution in [3.05, 3.63) is 12.1 Å². The summed E-state index contributed by atoms with van der Waals surface area (Å²) in [5.41, 5.74) is 1.54. The zero-order valence-electron chi connectivity index (χ0n) is 19.8. The normalized spacial score (nSPS) is 14.8. The summed E-state index contributed by atoms with van der Waals surface area (Å²) in [5.74, 6) is 1.19. The van der Waals surface area contributed by atoms with Crippen LogP contribution in [0.1, 0.15) is 34.6 Å². The second kappa shape index (κ2) is 12.3. The van der Waals surface area contributed by atoms with Crippen molar-refractivity contribution < 1.29 is 19.0 Å². The molecular formula is C22H33N5O4S2. The van der Waals surface area contributed by atoms with Crippen molar-refractivity contribution in [1.82, 2.24) is 10.2 Å². The molecule has 1 aromatic heterocycles. The summed E-state index contributed by atoms with van der Waals surface area (Å²) in [4.78, 5) is 15.2. The summed E-state index contributed by atoms with van der Waals surface area (Å²) < 4.78 is 18.0. The number of hydrogen-bond acceptors (Lipinski definition) is 10. The SMILES string of the molecule is CCOc1cc(N2CCOCC2)c(OCC)cc1NC(=O)C(C)Sc1nnc(NC(C)C)s1. The Morgan fingerprint density at radius 2 is 1.85 bits per heavy atom. The van der Waals surface area contributed by atoms with E-state index in [-0.39, 0.29) is 17.2 Å². The minimum atomic E-state index is -0.367. The Labute approximate surface area is 203 Å². The van der Waals surface area contributed by atoms with Gasteiger partial charge in [0, 0.05) is 31.3 Å². The maximum absolute atomic E-state index is 13.0. The van der Waals surface area contributed by atoms with Gasteiger partial charge in [0.1, 0.15) is 11.5 Å². The lowest BCUT2D eigenvalue weighted by Gasteiger charge is -2.31. The van der Waals surface area contributed by atoms with E-state index in [9.17, 15) is 4.79 Å². The number of nitrogens with one attached hydrogen (secondary N) is 2. The number of benzene rings is 1. The average molecular weight is 496 g/mol. The summed E-state index contributed by atoms with van der Waals surface area (Å²) in [5, 5.41) is 14.9. The van der Waals surface area contributed by atoms with Crippen molar-refractivity contribution in [2.45, 2.75) is 50.3 Å². The Hall–Kier alpha value is -2.24. The number of morpholine rings is 1. The second-order valence-corrected chi connectivity index (χ2v) is 10.3. The molecule has 3 rings (SSSR count). The summed E-state index contributed by atoms with van der Waals surface area (Å²) in [6.45, 7) is 13.7. The molecule has 9 nitrogen and oxygen atoms in total. The minimum Gasteiger partial charge on any atom is -0.492 e. The van der Waals surface area contributed by atoms with Crippen LogP contribution in [0.4, 0.5) is 16.5 Å². The number of carbonyl (C=O) groups is 1. The third kappa shape index (κ3) is 7.12. The monoisotopic (exact) mass is 495 g/mol. The highest BCUT2D eigenvalue weighted by Gasteiger charge is 2.23. The van der Waals surface area contributed by atoms with E-state index in [1.165, 1.54) is 23.1 Å². The smallest absolute Gasteiger partial charge is 0.237 e. The molecule has 1 amide bonds. The van der Waals surface area contributed by atoms with Gasteiger partial charge in [-0.25, -0.2) is 0 Å². The quantitative estimate of drug-likeness (QED) is 0.446. The van der Waals surface area contributed by atoms with Crippen molar-refractivity contribution in [3.63, 3.8) is 0 Å². The first-order valence-electron chi connectivity index (χ1n) is 11.2. The van der Waals surface area contributed by atoms with Gasteiger partial charge in [-0.1, -0.05) is 23.1 Å². The third-order valence-electron chi connectivity index (χ3n) is 4.74. The van der Waals surface area contributed by atoms with E-state index in [0.717, 1.165) is 28.2 Å². The number of carbonyl (C=O) groups excluding carboxylic acids is 1. The largest absolute Gasteiger partial charge is 0.492 e. The molecule has 1 fully saturated rings. The van der Waals surface area contributed by atoms with Crippen LogP contribution in [0.5, 0.6) is 11.5 Å². The molecule has 1 atom stereocenters. The van der Waals surface area contributed by atoms with Crippen LogP contribution in [0.2, 0.25) is 0 Å². The van der Waals surface area contributed by atoms with E-state index in [0.29, 0.717) is 43.6 Å². The lowest BCUT2D eigenvalue weighted by Crippen LogP contribution is -2.36. The van der Waals surface area contributed by atoms with Crippen LogP contribution in [-0.4, -0.2) is 66.9 Å². The van der Waals surface area contributed by atoms with E-state index in [1.807, 2.05) is 46.8 Å². The summed E-state index contributed by atoms with van der Waals surface area (Å²) in [6, 6.07) is 4.07. The highest BCUT2D eigenvalue weighted by atomic mass is 32.2. The number of ether oxygens (including phenoxy) is 3. The van der Waals surface area contributed by atoms with Gasteiger partial charge in [-0.2, -0.15) is 0 Å². The van der Waals surface area contributed by atoms with Crippen LogP contribution in [0.15, 0.2) is 16.5 Å². The zero-order valence-corrected chi connectivity index (χ0v) is 21.5. The fraction of sp³-hybridized carbons (Fsp3) is 0.591. The molecule has 2 aromatic rings. The van der Waals surface area contributed by atoms with Gasteiger partial charge in [0.2, 0.25) is 11.0 Å². The molecule has 0 bridgehead atoms. The molecule has 182 valence electrons. The Bertz CT molecular complexity index is 918. The van der Waals surface area contributed by atoms with E-state index in [2.05, 4.69) is 25.7 Å². The molecule has 0 radical (unpaired) electrons. The number of aromatic nitrogens is 2. The number of thioether (sulfide) groups is 1. The van der Waals surface area contributed by atoms with Crippen LogP contribution < -0.4 is 25.0 Å². The number of hydrogen-bond donors (Lipinski definition) is 2. The first-order chi connectivity index (χ1) is 15.9. The number of rotatable bonds is 11. The van der Waals surface area contributed by atoms with Crippen LogP contribution in [-0.2, 0) is 9.53 Å². The maximum atomic E-state index is 13.0. The topological polar surface area (TPSA) is 97.8 Å². The molecule has 2 heterocycles. The van der Waals surface area contributed by atoms with Gasteiger partial charge >= 0.3 is 0 Å². The van der Waals surface area contributed by atoms with Crippen molar-refractivity contribution in [3.8, 4) is 11.5 Å². The Morgan fingerprint density at radius 1 is 1.15 bits per heavy atom. The molecule has 33 heavy (non-hydrogen) atoms. The van der Waals surface area contributed by atoms with Crippen molar-refractivity contribution in [1.29, 1.82) is 0 Å². The number of anilines is 3. The molecule has 1 saturated heterocycles. The summed E-state index contributed by atoms with van der Waals surface area (Å²) in [7, 11) is 0. The second-order valence-electron chi connectivity index (χ2n) is 7.70. The summed E-state index contributed by atoms with van der Waals surface area (Å²) in [6.07, 6.45) is 0. The van der Waals surface area contributed by atoms with E-state index in [1.54, 1.807) is 0 Å². The molecule has 0 aliphatic carbocycles. The van der Waals surface area contributed by atoms with Crippen LogP contribution in [0, 0.1) is 0 Å². The Kier molecular flexibility index (Phi) is 9.45. The molecule has 2 N–H and O–H groups in total. The Balaban J connectivity index is 1.76. The fourth-order valence-electron chi connectivity index (χ4n) is 3.25. The number of amides is 1. The molecule has 0 spiro atoms. The van der Waals surface area contributed by atoms with Gasteiger partial charge in [0.25, 0.3) is 0 Å². The van der Waals surface area contributed by atoms with Gasteiger partial charge < -0.3 is 29.7 Å². The lowest BCUT2D eigenvalue weighted by molar-refractivity contribution is -0.115. The molecular weight excluding hydrogens is 462 g/mol. The highest BCUT2D eigenvalue weighted by Crippen LogP contribution is 2.40. The molecule has 11 heteroatoms. The molecule has 1 aliphatic rings. The first-order valence-corrected chi connectivity index (χ1v) is 12.9. The molecule has 1 aliphatic heterocycles. The molecule has 1 aromatic carbocycles. The van der Waals surface area contributed by atoms with Crippen LogP contribution in [0.3, 0.4) is 0 Å². The number of nitrogens with zero attached hydrogens (tertiary/aromatic N) is 3. The van der Waals surface area contributed by atoms with Crippen molar-refractivity contribution in [2.24, 2.45) is 0 Å². The highest BCUT2D eigenvalue weighted by molar-refractivity contribution is 8.02. The fourth-order valence-corrected chi connectivity index (χ4v) is 5.29. The maximum Gasteiger partial charge on any atom is 0.237 e. The van der Waals surface area contributed by atoms with Gasteiger partial charge in [0.05, 0.1) is 43.1 Å².